The lowest BCUT2D eigenvalue weighted by Crippen LogP contribution is -2.50. The summed E-state index contributed by atoms with van der Waals surface area (Å²) in [6, 6.07) is 11.1. The largest absolute Gasteiger partial charge is 0.396 e. The number of aliphatic hydroxyl groups excluding tert-OH is 1. The molecule has 1 fully saturated rings. The van der Waals surface area contributed by atoms with Gasteiger partial charge in [-0.3, -0.25) is 0 Å². The first-order chi connectivity index (χ1) is 8.31. The van der Waals surface area contributed by atoms with Gasteiger partial charge in [-0.2, -0.15) is 0 Å². The van der Waals surface area contributed by atoms with Crippen molar-refractivity contribution < 1.29 is 5.11 Å². The molecule has 1 aromatic rings. The van der Waals surface area contributed by atoms with Crippen LogP contribution in [-0.4, -0.2) is 30.8 Å². The Hall–Kier alpha value is -0.900. The molecule has 0 amide bonds. The van der Waals surface area contributed by atoms with Gasteiger partial charge >= 0.3 is 0 Å². The highest BCUT2D eigenvalue weighted by atomic mass is 16.3. The van der Waals surface area contributed by atoms with Crippen molar-refractivity contribution in [2.75, 3.05) is 19.7 Å². The van der Waals surface area contributed by atoms with Gasteiger partial charge in [-0.15, -0.1) is 0 Å². The zero-order valence-electron chi connectivity index (χ0n) is 10.4. The van der Waals surface area contributed by atoms with Gasteiger partial charge in [-0.1, -0.05) is 30.3 Å². The lowest BCUT2D eigenvalue weighted by molar-refractivity contribution is 0.155. The fourth-order valence-corrected chi connectivity index (χ4v) is 2.49. The molecule has 1 saturated heterocycles. The summed E-state index contributed by atoms with van der Waals surface area (Å²) in [6.45, 7) is 4.42. The number of hydrogen-bond acceptors (Lipinski definition) is 3. The molecule has 3 N–H and O–H groups in total. The summed E-state index contributed by atoms with van der Waals surface area (Å²) in [5, 5.41) is 16.4. The summed E-state index contributed by atoms with van der Waals surface area (Å²) < 4.78 is 0. The zero-order valence-corrected chi connectivity index (χ0v) is 10.4. The summed E-state index contributed by atoms with van der Waals surface area (Å²) in [6.07, 6.45) is 1.05. The van der Waals surface area contributed by atoms with E-state index in [2.05, 4.69) is 41.8 Å². The number of rotatable bonds is 4. The molecular weight excluding hydrogens is 212 g/mol. The van der Waals surface area contributed by atoms with Crippen molar-refractivity contribution >= 4 is 0 Å². The summed E-state index contributed by atoms with van der Waals surface area (Å²) in [5.74, 6) is 0.377. The highest BCUT2D eigenvalue weighted by molar-refractivity contribution is 5.18. The van der Waals surface area contributed by atoms with Crippen LogP contribution in [0.25, 0.3) is 0 Å². The van der Waals surface area contributed by atoms with Gasteiger partial charge in [-0.05, 0) is 31.4 Å². The first kappa shape index (κ1) is 12.6. The summed E-state index contributed by atoms with van der Waals surface area (Å²) in [7, 11) is 0. The molecule has 0 spiro atoms. The normalized spacial score (nSPS) is 26.7. The van der Waals surface area contributed by atoms with Crippen molar-refractivity contribution in [1.82, 2.24) is 10.6 Å². The summed E-state index contributed by atoms with van der Waals surface area (Å²) in [4.78, 5) is 0. The number of piperidine rings is 1. The van der Waals surface area contributed by atoms with Gasteiger partial charge in [0, 0.05) is 25.2 Å². The van der Waals surface area contributed by atoms with Crippen molar-refractivity contribution in [3.63, 3.8) is 0 Å². The van der Waals surface area contributed by atoms with Crippen LogP contribution in [0.1, 0.15) is 24.9 Å². The summed E-state index contributed by atoms with van der Waals surface area (Å²) >= 11 is 0. The van der Waals surface area contributed by atoms with Gasteiger partial charge in [0.15, 0.2) is 0 Å². The van der Waals surface area contributed by atoms with Gasteiger partial charge < -0.3 is 15.7 Å². The third-order valence-corrected chi connectivity index (χ3v) is 3.62. The molecule has 1 aliphatic heterocycles. The van der Waals surface area contributed by atoms with E-state index in [1.54, 1.807) is 0 Å². The Morgan fingerprint density at radius 1 is 1.41 bits per heavy atom. The van der Waals surface area contributed by atoms with Crippen molar-refractivity contribution in [3.05, 3.63) is 35.9 Å². The van der Waals surface area contributed by atoms with E-state index in [-0.39, 0.29) is 6.61 Å². The molecule has 17 heavy (non-hydrogen) atoms. The van der Waals surface area contributed by atoms with Gasteiger partial charge in [0.1, 0.15) is 0 Å². The fourth-order valence-electron chi connectivity index (χ4n) is 2.49. The van der Waals surface area contributed by atoms with E-state index in [0.717, 1.165) is 19.5 Å². The fraction of sp³-hybridized carbons (Fsp3) is 0.571. The predicted octanol–water partition coefficient (Wildman–Crippen LogP) is 1.31. The molecule has 0 aromatic heterocycles. The molecule has 3 nitrogen and oxygen atoms in total. The van der Waals surface area contributed by atoms with Gasteiger partial charge in [0.25, 0.3) is 0 Å². The van der Waals surface area contributed by atoms with Crippen LogP contribution < -0.4 is 10.6 Å². The number of benzene rings is 1. The topological polar surface area (TPSA) is 44.3 Å². The third-order valence-electron chi connectivity index (χ3n) is 3.62. The second-order valence-electron chi connectivity index (χ2n) is 4.84. The molecule has 3 heteroatoms. The lowest BCUT2D eigenvalue weighted by atomic mass is 9.92. The van der Waals surface area contributed by atoms with E-state index in [1.807, 2.05) is 6.07 Å². The van der Waals surface area contributed by atoms with Crippen LogP contribution in [0.3, 0.4) is 0 Å². The van der Waals surface area contributed by atoms with Crippen LogP contribution in [0, 0.1) is 5.92 Å². The molecule has 3 unspecified atom stereocenters. The van der Waals surface area contributed by atoms with Crippen molar-refractivity contribution in [2.24, 2.45) is 5.92 Å². The smallest absolute Gasteiger partial charge is 0.0475 e. The van der Waals surface area contributed by atoms with Crippen LogP contribution in [0.5, 0.6) is 0 Å². The zero-order chi connectivity index (χ0) is 12.1. The van der Waals surface area contributed by atoms with Crippen LogP contribution in [-0.2, 0) is 0 Å². The second kappa shape index (κ2) is 6.15. The Bertz CT molecular complexity index is 328. The molecule has 94 valence electrons. The lowest BCUT2D eigenvalue weighted by Gasteiger charge is -2.34. The number of nitrogens with one attached hydrogen (secondary N) is 2. The Morgan fingerprint density at radius 2 is 2.18 bits per heavy atom. The SMILES string of the molecule is CC(NC1CNCCC1CO)c1ccccc1. The van der Waals surface area contributed by atoms with Gasteiger partial charge in [-0.25, -0.2) is 0 Å². The Morgan fingerprint density at radius 3 is 2.88 bits per heavy atom. The highest BCUT2D eigenvalue weighted by Crippen LogP contribution is 2.17. The number of aliphatic hydroxyl groups is 1. The van der Waals surface area contributed by atoms with E-state index in [0.29, 0.717) is 18.0 Å². The molecule has 0 bridgehead atoms. The third kappa shape index (κ3) is 3.28. The van der Waals surface area contributed by atoms with Crippen LogP contribution in [0.2, 0.25) is 0 Å². The van der Waals surface area contributed by atoms with Crippen molar-refractivity contribution in [3.8, 4) is 0 Å². The molecule has 1 aromatic carbocycles. The van der Waals surface area contributed by atoms with Crippen LogP contribution in [0.15, 0.2) is 30.3 Å². The van der Waals surface area contributed by atoms with E-state index in [9.17, 15) is 5.11 Å². The standard InChI is InChI=1S/C14H22N2O/c1-11(12-5-3-2-4-6-12)16-14-9-15-8-7-13(14)10-17/h2-6,11,13-17H,7-10H2,1H3. The maximum absolute atomic E-state index is 9.38. The summed E-state index contributed by atoms with van der Waals surface area (Å²) in [5.41, 5.74) is 1.30. The molecule has 1 heterocycles. The molecule has 2 rings (SSSR count). The Balaban J connectivity index is 1.95. The highest BCUT2D eigenvalue weighted by Gasteiger charge is 2.25. The molecule has 1 aliphatic rings. The van der Waals surface area contributed by atoms with Gasteiger partial charge in [0.05, 0.1) is 0 Å². The van der Waals surface area contributed by atoms with E-state index in [1.165, 1.54) is 5.56 Å². The second-order valence-corrected chi connectivity index (χ2v) is 4.84. The minimum absolute atomic E-state index is 0.279. The minimum atomic E-state index is 0.279. The van der Waals surface area contributed by atoms with Crippen LogP contribution in [0.4, 0.5) is 0 Å². The molecule has 0 radical (unpaired) electrons. The molecular formula is C14H22N2O. The molecule has 0 aliphatic carbocycles. The van der Waals surface area contributed by atoms with E-state index >= 15 is 0 Å². The maximum Gasteiger partial charge on any atom is 0.0475 e. The Labute approximate surface area is 103 Å². The predicted molar refractivity (Wildman–Crippen MR) is 69.8 cm³/mol. The monoisotopic (exact) mass is 234 g/mol. The molecule has 0 saturated carbocycles. The average molecular weight is 234 g/mol. The average Bonchev–Trinajstić information content (AvgIpc) is 2.40. The van der Waals surface area contributed by atoms with Gasteiger partial charge in [0.2, 0.25) is 0 Å². The maximum atomic E-state index is 9.38. The van der Waals surface area contributed by atoms with E-state index < -0.39 is 0 Å². The Kier molecular flexibility index (Phi) is 4.54. The quantitative estimate of drug-likeness (QED) is 0.736. The minimum Gasteiger partial charge on any atom is -0.396 e. The van der Waals surface area contributed by atoms with E-state index in [4.69, 9.17) is 0 Å². The first-order valence-corrected chi connectivity index (χ1v) is 6.44. The number of hydrogen-bond donors (Lipinski definition) is 3. The van der Waals surface area contributed by atoms with Crippen molar-refractivity contribution in [2.45, 2.75) is 25.4 Å². The first-order valence-electron chi connectivity index (χ1n) is 6.44. The van der Waals surface area contributed by atoms with Crippen molar-refractivity contribution in [1.29, 1.82) is 0 Å². The van der Waals surface area contributed by atoms with Crippen LogP contribution >= 0.6 is 0 Å². The molecule has 3 atom stereocenters.